The summed E-state index contributed by atoms with van der Waals surface area (Å²) in [6.45, 7) is 10.7. The summed E-state index contributed by atoms with van der Waals surface area (Å²) in [6, 6.07) is 0. The van der Waals surface area contributed by atoms with E-state index in [0.717, 1.165) is 48.0 Å². The first kappa shape index (κ1) is 18.7. The molecular weight excluding hydrogens is 390 g/mol. The van der Waals surface area contributed by atoms with E-state index < -0.39 is 0 Å². The van der Waals surface area contributed by atoms with Crippen molar-refractivity contribution in [3.8, 4) is 0 Å². The van der Waals surface area contributed by atoms with Gasteiger partial charge in [0.05, 0.1) is 25.1 Å². The van der Waals surface area contributed by atoms with Gasteiger partial charge in [0.2, 0.25) is 11.9 Å². The van der Waals surface area contributed by atoms with Crippen molar-refractivity contribution in [2.45, 2.75) is 13.8 Å². The highest BCUT2D eigenvalue weighted by molar-refractivity contribution is 7.18. The Morgan fingerprint density at radius 3 is 2.66 bits per heavy atom. The average Bonchev–Trinajstić information content (AvgIpc) is 3.33. The third kappa shape index (κ3) is 3.34. The van der Waals surface area contributed by atoms with E-state index in [4.69, 9.17) is 9.72 Å². The third-order valence-corrected chi connectivity index (χ3v) is 7.01. The Bertz CT molecular complexity index is 1050. The molecule has 2 aliphatic heterocycles. The lowest BCUT2D eigenvalue weighted by molar-refractivity contribution is -0.136. The molecule has 5 rings (SSSR count). The molecule has 154 valence electrons. The first-order valence-electron chi connectivity index (χ1n) is 10.0. The molecule has 0 saturated carbocycles. The molecule has 2 fully saturated rings. The minimum atomic E-state index is 0.199. The number of rotatable bonds is 3. The smallest absolute Gasteiger partial charge is 0.236 e. The number of anilines is 1. The van der Waals surface area contributed by atoms with Gasteiger partial charge in [-0.25, -0.2) is 9.97 Å². The second-order valence-corrected chi connectivity index (χ2v) is 8.83. The Balaban J connectivity index is 1.32. The van der Waals surface area contributed by atoms with Crippen LogP contribution in [0.4, 0.5) is 5.95 Å². The summed E-state index contributed by atoms with van der Waals surface area (Å²) in [4.78, 5) is 30.6. The number of carbonyl (C=O) groups is 1. The number of aromatic nitrogens is 4. The number of aryl methyl sites for hydroxylation is 2. The normalized spacial score (nSPS) is 18.8. The maximum Gasteiger partial charge on any atom is 0.236 e. The Morgan fingerprint density at radius 2 is 1.90 bits per heavy atom. The lowest BCUT2D eigenvalue weighted by Crippen LogP contribution is -2.52. The highest BCUT2D eigenvalue weighted by atomic mass is 32.1. The molecule has 3 aromatic heterocycles. The van der Waals surface area contributed by atoms with Gasteiger partial charge in [-0.1, -0.05) is 0 Å². The molecular formula is C19H25N7O2S. The fraction of sp³-hybridized carbons (Fsp3) is 0.579. The maximum absolute atomic E-state index is 12.5. The van der Waals surface area contributed by atoms with Crippen LogP contribution in [0.1, 0.15) is 10.4 Å². The van der Waals surface area contributed by atoms with Gasteiger partial charge in [-0.2, -0.15) is 9.61 Å². The van der Waals surface area contributed by atoms with Crippen molar-refractivity contribution in [2.75, 3.05) is 63.9 Å². The second-order valence-electron chi connectivity index (χ2n) is 7.63. The Labute approximate surface area is 172 Å². The van der Waals surface area contributed by atoms with Crippen molar-refractivity contribution >= 4 is 39.1 Å². The highest BCUT2D eigenvalue weighted by Gasteiger charge is 2.26. The third-order valence-electron chi connectivity index (χ3n) is 5.91. The van der Waals surface area contributed by atoms with Gasteiger partial charge in [0.15, 0.2) is 5.65 Å². The van der Waals surface area contributed by atoms with Crippen LogP contribution < -0.4 is 4.90 Å². The molecule has 10 heteroatoms. The Hall–Kier alpha value is -2.30. The Kier molecular flexibility index (Phi) is 4.84. The van der Waals surface area contributed by atoms with Crippen LogP contribution in [0, 0.1) is 13.8 Å². The molecule has 9 nitrogen and oxygen atoms in total. The molecule has 1 amide bonds. The number of thiophene rings is 1. The van der Waals surface area contributed by atoms with Gasteiger partial charge in [-0.15, -0.1) is 11.3 Å². The molecule has 5 heterocycles. The number of piperazine rings is 1. The zero-order valence-electron chi connectivity index (χ0n) is 16.8. The van der Waals surface area contributed by atoms with Crippen LogP contribution in [-0.4, -0.2) is 94.3 Å². The topological polar surface area (TPSA) is 79.1 Å². The first-order chi connectivity index (χ1) is 14.1. The molecule has 0 radical (unpaired) electrons. The fourth-order valence-corrected chi connectivity index (χ4v) is 5.08. The van der Waals surface area contributed by atoms with Crippen molar-refractivity contribution in [2.24, 2.45) is 0 Å². The van der Waals surface area contributed by atoms with E-state index in [1.54, 1.807) is 17.7 Å². The molecule has 29 heavy (non-hydrogen) atoms. The number of amides is 1. The number of hydrogen-bond donors (Lipinski definition) is 0. The molecule has 0 atom stereocenters. The lowest BCUT2D eigenvalue weighted by atomic mass is 10.2. The van der Waals surface area contributed by atoms with Crippen molar-refractivity contribution in [3.63, 3.8) is 0 Å². The number of carbonyl (C=O) groups excluding carboxylic acids is 1. The van der Waals surface area contributed by atoms with Gasteiger partial charge in [0, 0.05) is 44.1 Å². The van der Waals surface area contributed by atoms with E-state index in [0.29, 0.717) is 32.8 Å². The second kappa shape index (κ2) is 7.51. The van der Waals surface area contributed by atoms with Crippen LogP contribution in [0.2, 0.25) is 0 Å². The van der Waals surface area contributed by atoms with Crippen LogP contribution >= 0.6 is 11.3 Å². The number of fused-ring (bicyclic) bond motifs is 3. The van der Waals surface area contributed by atoms with E-state index in [1.807, 2.05) is 9.42 Å². The molecule has 2 aliphatic rings. The van der Waals surface area contributed by atoms with Gasteiger partial charge in [-0.05, 0) is 19.4 Å². The SMILES string of the molecule is Cc1sc2nc(N3CCN(CC(=O)N4CCOCC4)CC3)n3ncnc3c2c1C. The van der Waals surface area contributed by atoms with Crippen LogP contribution in [0.25, 0.3) is 15.9 Å². The zero-order valence-corrected chi connectivity index (χ0v) is 17.6. The molecule has 2 saturated heterocycles. The number of morpholine rings is 1. The van der Waals surface area contributed by atoms with Gasteiger partial charge in [0.25, 0.3) is 0 Å². The zero-order chi connectivity index (χ0) is 20.0. The summed E-state index contributed by atoms with van der Waals surface area (Å²) in [7, 11) is 0. The van der Waals surface area contributed by atoms with Gasteiger partial charge < -0.3 is 14.5 Å². The summed E-state index contributed by atoms with van der Waals surface area (Å²) in [5, 5.41) is 5.54. The van der Waals surface area contributed by atoms with E-state index in [1.165, 1.54) is 10.4 Å². The van der Waals surface area contributed by atoms with Crippen molar-refractivity contribution in [1.82, 2.24) is 29.4 Å². The van der Waals surface area contributed by atoms with Crippen molar-refractivity contribution < 1.29 is 9.53 Å². The monoisotopic (exact) mass is 415 g/mol. The highest BCUT2D eigenvalue weighted by Crippen LogP contribution is 2.33. The number of ether oxygens (including phenoxy) is 1. The summed E-state index contributed by atoms with van der Waals surface area (Å²) in [5.74, 6) is 1.04. The minimum absolute atomic E-state index is 0.199. The van der Waals surface area contributed by atoms with E-state index in [2.05, 4.69) is 33.7 Å². The molecule has 0 aliphatic carbocycles. The van der Waals surface area contributed by atoms with Crippen molar-refractivity contribution in [1.29, 1.82) is 0 Å². The Morgan fingerprint density at radius 1 is 1.14 bits per heavy atom. The van der Waals surface area contributed by atoms with E-state index >= 15 is 0 Å². The molecule has 0 aromatic carbocycles. The van der Waals surface area contributed by atoms with Gasteiger partial charge in [-0.3, -0.25) is 9.69 Å². The van der Waals surface area contributed by atoms with Crippen LogP contribution in [0.5, 0.6) is 0 Å². The molecule has 0 spiro atoms. The summed E-state index contributed by atoms with van der Waals surface area (Å²) < 4.78 is 7.19. The van der Waals surface area contributed by atoms with Crippen LogP contribution in [-0.2, 0) is 9.53 Å². The molecule has 0 N–H and O–H groups in total. The molecule has 0 unspecified atom stereocenters. The average molecular weight is 416 g/mol. The van der Waals surface area contributed by atoms with Crippen LogP contribution in [0.3, 0.4) is 0 Å². The van der Waals surface area contributed by atoms with Crippen molar-refractivity contribution in [3.05, 3.63) is 16.8 Å². The fourth-order valence-electron chi connectivity index (χ4n) is 4.06. The number of hydrogen-bond acceptors (Lipinski definition) is 8. The summed E-state index contributed by atoms with van der Waals surface area (Å²) in [5.41, 5.74) is 2.10. The predicted octanol–water partition coefficient (Wildman–Crippen LogP) is 0.937. The lowest BCUT2D eigenvalue weighted by Gasteiger charge is -2.36. The minimum Gasteiger partial charge on any atom is -0.378 e. The first-order valence-corrected chi connectivity index (χ1v) is 10.9. The maximum atomic E-state index is 12.5. The summed E-state index contributed by atoms with van der Waals surface area (Å²) in [6.07, 6.45) is 1.60. The van der Waals surface area contributed by atoms with Gasteiger partial charge in [0.1, 0.15) is 11.2 Å². The van der Waals surface area contributed by atoms with Crippen LogP contribution in [0.15, 0.2) is 6.33 Å². The van der Waals surface area contributed by atoms with E-state index in [-0.39, 0.29) is 5.91 Å². The van der Waals surface area contributed by atoms with Gasteiger partial charge >= 0.3 is 0 Å². The largest absolute Gasteiger partial charge is 0.378 e. The molecule has 0 bridgehead atoms. The quantitative estimate of drug-likeness (QED) is 0.630. The summed E-state index contributed by atoms with van der Waals surface area (Å²) >= 11 is 1.71. The van der Waals surface area contributed by atoms with E-state index in [9.17, 15) is 4.79 Å². The standard InChI is InChI=1S/C19H25N7O2S/c1-13-14(2)29-18-16(13)17-20-12-21-26(17)19(22-18)25-5-3-23(4-6-25)11-15(27)24-7-9-28-10-8-24/h12H,3-11H2,1-2H3. The number of nitrogens with zero attached hydrogens (tertiary/aromatic N) is 7. The predicted molar refractivity (Wildman–Crippen MR) is 112 cm³/mol. The molecule has 3 aromatic rings.